The second-order valence-electron chi connectivity index (χ2n) is 6.76. The molecule has 2 aromatic carbocycles. The largest absolute Gasteiger partial charge is 0.496 e. The summed E-state index contributed by atoms with van der Waals surface area (Å²) in [5, 5.41) is 3.39. The molecule has 2 amide bonds. The van der Waals surface area contributed by atoms with Gasteiger partial charge in [-0.3, -0.25) is 19.9 Å². The number of imide groups is 1. The summed E-state index contributed by atoms with van der Waals surface area (Å²) in [6.45, 7) is 0. The average molecular weight is 412 g/mol. The highest BCUT2D eigenvalue weighted by Crippen LogP contribution is 2.35. The normalized spacial score (nSPS) is 13.2. The van der Waals surface area contributed by atoms with Gasteiger partial charge in [-0.1, -0.05) is 11.6 Å². The van der Waals surface area contributed by atoms with Gasteiger partial charge in [0.15, 0.2) is 0 Å². The van der Waals surface area contributed by atoms with Crippen LogP contribution in [0.5, 0.6) is 17.2 Å². The van der Waals surface area contributed by atoms with Crippen molar-refractivity contribution in [3.05, 3.63) is 53.2 Å². The molecule has 1 aromatic heterocycles. The molecule has 0 aliphatic heterocycles. The van der Waals surface area contributed by atoms with Gasteiger partial charge in [0.1, 0.15) is 17.2 Å². The number of anilines is 1. The van der Waals surface area contributed by atoms with Gasteiger partial charge in [0.2, 0.25) is 5.91 Å². The van der Waals surface area contributed by atoms with Crippen LogP contribution in [0.1, 0.15) is 23.2 Å². The lowest BCUT2D eigenvalue weighted by Gasteiger charge is -2.13. The van der Waals surface area contributed by atoms with Crippen LogP contribution in [0.25, 0.3) is 10.9 Å². The second-order valence-corrected chi connectivity index (χ2v) is 7.16. The van der Waals surface area contributed by atoms with Gasteiger partial charge in [0.25, 0.3) is 5.91 Å². The first kappa shape index (κ1) is 19.0. The first-order valence-electron chi connectivity index (χ1n) is 9.01. The van der Waals surface area contributed by atoms with Gasteiger partial charge >= 0.3 is 0 Å². The van der Waals surface area contributed by atoms with Crippen LogP contribution in [-0.2, 0) is 4.79 Å². The molecule has 8 heteroatoms. The van der Waals surface area contributed by atoms with Crippen molar-refractivity contribution < 1.29 is 19.1 Å². The number of amides is 2. The molecule has 0 atom stereocenters. The van der Waals surface area contributed by atoms with Crippen LogP contribution in [0.4, 0.5) is 5.69 Å². The van der Waals surface area contributed by atoms with Gasteiger partial charge in [-0.05, 0) is 37.1 Å². The van der Waals surface area contributed by atoms with E-state index in [1.54, 1.807) is 42.6 Å². The van der Waals surface area contributed by atoms with Crippen molar-refractivity contribution in [2.45, 2.75) is 12.8 Å². The standard InChI is InChI=1S/C21H18ClN3O4/c1-28-19-10-17-13(9-14(19)21(27)25-20(26)11-2-3-11)18(6-7-24-17)29-12-4-5-16(23)15(22)8-12/h4-11H,2-3,23H2,1H3,(H,25,26,27). The van der Waals surface area contributed by atoms with E-state index in [2.05, 4.69) is 10.3 Å². The highest BCUT2D eigenvalue weighted by Gasteiger charge is 2.31. The Bertz CT molecular complexity index is 1130. The number of methoxy groups -OCH3 is 1. The van der Waals surface area contributed by atoms with Crippen LogP contribution < -0.4 is 20.5 Å². The zero-order valence-corrected chi connectivity index (χ0v) is 16.3. The minimum Gasteiger partial charge on any atom is -0.496 e. The van der Waals surface area contributed by atoms with Crippen molar-refractivity contribution in [1.82, 2.24) is 10.3 Å². The Balaban J connectivity index is 1.72. The van der Waals surface area contributed by atoms with Gasteiger partial charge < -0.3 is 15.2 Å². The lowest BCUT2D eigenvalue weighted by molar-refractivity contribution is -0.121. The van der Waals surface area contributed by atoms with Crippen molar-refractivity contribution in [3.8, 4) is 17.2 Å². The zero-order valence-electron chi connectivity index (χ0n) is 15.6. The Kier molecular flexibility index (Phi) is 4.98. The van der Waals surface area contributed by atoms with Crippen LogP contribution in [0.15, 0.2) is 42.6 Å². The number of nitrogens with two attached hydrogens (primary N) is 1. The summed E-state index contributed by atoms with van der Waals surface area (Å²) >= 11 is 6.06. The number of carbonyl (C=O) groups is 2. The number of fused-ring (bicyclic) bond motifs is 1. The number of nitrogens with one attached hydrogen (secondary N) is 1. The van der Waals surface area contributed by atoms with Crippen LogP contribution in [-0.4, -0.2) is 23.9 Å². The maximum Gasteiger partial charge on any atom is 0.261 e. The van der Waals surface area contributed by atoms with Crippen molar-refractivity contribution in [2.24, 2.45) is 5.92 Å². The summed E-state index contributed by atoms with van der Waals surface area (Å²) in [6.07, 6.45) is 3.20. The fourth-order valence-electron chi connectivity index (χ4n) is 2.91. The molecule has 1 aliphatic carbocycles. The summed E-state index contributed by atoms with van der Waals surface area (Å²) in [7, 11) is 1.46. The molecule has 3 N–H and O–H groups in total. The Hall–Kier alpha value is -3.32. The lowest BCUT2D eigenvalue weighted by Crippen LogP contribution is -2.31. The first-order valence-corrected chi connectivity index (χ1v) is 9.39. The molecular weight excluding hydrogens is 394 g/mol. The highest BCUT2D eigenvalue weighted by molar-refractivity contribution is 6.33. The monoisotopic (exact) mass is 411 g/mol. The fourth-order valence-corrected chi connectivity index (χ4v) is 3.08. The quantitative estimate of drug-likeness (QED) is 0.487. The Morgan fingerprint density at radius 3 is 2.66 bits per heavy atom. The van der Waals surface area contributed by atoms with Crippen molar-refractivity contribution in [1.29, 1.82) is 0 Å². The van der Waals surface area contributed by atoms with Gasteiger partial charge in [0, 0.05) is 29.6 Å². The van der Waals surface area contributed by atoms with E-state index in [0.717, 1.165) is 12.8 Å². The molecule has 0 bridgehead atoms. The predicted octanol–water partition coefficient (Wildman–Crippen LogP) is 3.94. The van der Waals surface area contributed by atoms with E-state index in [4.69, 9.17) is 26.8 Å². The molecule has 29 heavy (non-hydrogen) atoms. The maximum absolute atomic E-state index is 12.7. The molecular formula is C21H18ClN3O4. The number of pyridine rings is 1. The predicted molar refractivity (Wildman–Crippen MR) is 109 cm³/mol. The van der Waals surface area contributed by atoms with Crippen LogP contribution in [0, 0.1) is 5.92 Å². The van der Waals surface area contributed by atoms with E-state index in [9.17, 15) is 9.59 Å². The molecule has 148 valence electrons. The second kappa shape index (κ2) is 7.60. The number of hydrogen-bond donors (Lipinski definition) is 2. The topological polar surface area (TPSA) is 104 Å². The molecule has 0 spiro atoms. The number of hydrogen-bond acceptors (Lipinski definition) is 6. The van der Waals surface area contributed by atoms with Gasteiger partial charge in [-0.15, -0.1) is 0 Å². The SMILES string of the molecule is COc1cc2nccc(Oc3ccc(N)c(Cl)c3)c2cc1C(=O)NC(=O)C1CC1. The minimum atomic E-state index is -0.522. The summed E-state index contributed by atoms with van der Waals surface area (Å²) in [5.74, 6) is 0.408. The molecule has 1 heterocycles. The van der Waals surface area contributed by atoms with E-state index in [1.807, 2.05) is 0 Å². The van der Waals surface area contributed by atoms with Gasteiger partial charge in [-0.2, -0.15) is 0 Å². The van der Waals surface area contributed by atoms with Crippen LogP contribution in [0.2, 0.25) is 5.02 Å². The lowest BCUT2D eigenvalue weighted by atomic mass is 10.1. The molecule has 0 saturated heterocycles. The highest BCUT2D eigenvalue weighted by atomic mass is 35.5. The van der Waals surface area contributed by atoms with Crippen LogP contribution in [0.3, 0.4) is 0 Å². The third kappa shape index (κ3) is 3.95. The zero-order chi connectivity index (χ0) is 20.5. The molecule has 7 nitrogen and oxygen atoms in total. The van der Waals surface area contributed by atoms with E-state index >= 15 is 0 Å². The van der Waals surface area contributed by atoms with Crippen molar-refractivity contribution in [2.75, 3.05) is 12.8 Å². The number of nitrogens with zero attached hydrogens (tertiary/aromatic N) is 1. The Morgan fingerprint density at radius 2 is 1.97 bits per heavy atom. The third-order valence-corrected chi connectivity index (χ3v) is 4.98. The van der Waals surface area contributed by atoms with Gasteiger partial charge in [0.05, 0.1) is 28.9 Å². The van der Waals surface area contributed by atoms with E-state index in [-0.39, 0.29) is 17.4 Å². The van der Waals surface area contributed by atoms with E-state index in [0.29, 0.717) is 38.9 Å². The Morgan fingerprint density at radius 1 is 1.17 bits per heavy atom. The first-order chi connectivity index (χ1) is 14.0. The maximum atomic E-state index is 12.7. The average Bonchev–Trinajstić information content (AvgIpc) is 3.55. The van der Waals surface area contributed by atoms with E-state index < -0.39 is 5.91 Å². The molecule has 1 aliphatic rings. The minimum absolute atomic E-state index is 0.0822. The summed E-state index contributed by atoms with van der Waals surface area (Å²) in [4.78, 5) is 29.0. The smallest absolute Gasteiger partial charge is 0.261 e. The van der Waals surface area contributed by atoms with Crippen molar-refractivity contribution >= 4 is 40.0 Å². The Labute approximate surface area is 171 Å². The van der Waals surface area contributed by atoms with Gasteiger partial charge in [-0.25, -0.2) is 0 Å². The molecule has 0 unspecified atom stereocenters. The molecule has 0 radical (unpaired) electrons. The molecule has 1 fully saturated rings. The van der Waals surface area contributed by atoms with E-state index in [1.165, 1.54) is 7.11 Å². The summed E-state index contributed by atoms with van der Waals surface area (Å²) in [5.41, 5.74) is 6.99. The molecule has 1 saturated carbocycles. The van der Waals surface area contributed by atoms with Crippen LogP contribution >= 0.6 is 11.6 Å². The third-order valence-electron chi connectivity index (χ3n) is 4.65. The number of benzene rings is 2. The number of ether oxygens (including phenoxy) is 2. The number of rotatable bonds is 5. The number of nitrogen functional groups attached to an aromatic ring is 1. The number of halogens is 1. The molecule has 3 aromatic rings. The summed E-state index contributed by atoms with van der Waals surface area (Å²) in [6, 6.07) is 9.86. The summed E-state index contributed by atoms with van der Waals surface area (Å²) < 4.78 is 11.3. The number of carbonyl (C=O) groups excluding carboxylic acids is 2. The number of aromatic nitrogens is 1. The fraction of sp³-hybridized carbons (Fsp3) is 0.190. The molecule has 4 rings (SSSR count). The van der Waals surface area contributed by atoms with Crippen molar-refractivity contribution in [3.63, 3.8) is 0 Å².